The molecule has 1 heterocycles. The van der Waals surface area contributed by atoms with Gasteiger partial charge < -0.3 is 0 Å². The van der Waals surface area contributed by atoms with Gasteiger partial charge in [-0.05, 0) is 31.1 Å². The molecule has 2 rings (SSSR count). The summed E-state index contributed by atoms with van der Waals surface area (Å²) in [5, 5.41) is 11.6. The van der Waals surface area contributed by atoms with E-state index in [1.165, 1.54) is 24.3 Å². The maximum Gasteiger partial charge on any atom is 0.230 e. The molecule has 0 radical (unpaired) electrons. The Morgan fingerprint density at radius 2 is 1.81 bits per heavy atom. The van der Waals surface area contributed by atoms with Crippen molar-refractivity contribution in [2.75, 3.05) is 4.90 Å². The zero-order valence-electron chi connectivity index (χ0n) is 16.5. The van der Waals surface area contributed by atoms with Crippen molar-refractivity contribution in [2.45, 2.75) is 41.5 Å². The minimum atomic E-state index is -0.649. The van der Waals surface area contributed by atoms with Gasteiger partial charge in [0, 0.05) is 17.7 Å². The quantitative estimate of drug-likeness (QED) is 0.554. The molecule has 0 aliphatic rings. The van der Waals surface area contributed by atoms with Crippen molar-refractivity contribution in [3.05, 3.63) is 46.0 Å². The van der Waals surface area contributed by atoms with Crippen molar-refractivity contribution in [2.24, 2.45) is 5.41 Å². The van der Waals surface area contributed by atoms with Gasteiger partial charge in [-0.1, -0.05) is 39.0 Å². The molecule has 1 aromatic heterocycles. The molecule has 0 saturated heterocycles. The number of amides is 1. The number of Topliss-reactive ketones (excluding diaryl/α,β-unsaturated/α-hetero) is 1. The third kappa shape index (κ3) is 4.50. The number of anilines is 2. The van der Waals surface area contributed by atoms with Gasteiger partial charge in [0.15, 0.2) is 10.9 Å². The summed E-state index contributed by atoms with van der Waals surface area (Å²) in [5.74, 6) is -0.388. The Morgan fingerprint density at radius 3 is 2.30 bits per heavy atom. The summed E-state index contributed by atoms with van der Waals surface area (Å²) >= 11 is 1.30. The van der Waals surface area contributed by atoms with E-state index in [0.717, 1.165) is 16.8 Å². The Hall–Kier alpha value is -2.78. The number of hydrogen-bond acceptors (Lipinski definition) is 5. The molecule has 0 fully saturated rings. The molecule has 0 spiro atoms. The van der Waals surface area contributed by atoms with Crippen LogP contribution in [-0.4, -0.2) is 16.7 Å². The van der Waals surface area contributed by atoms with Crippen LogP contribution in [0.2, 0.25) is 0 Å². The number of benzene rings is 1. The molecule has 1 amide bonds. The van der Waals surface area contributed by atoms with Gasteiger partial charge in [-0.25, -0.2) is 4.98 Å². The highest BCUT2D eigenvalue weighted by atomic mass is 32.1. The Kier molecular flexibility index (Phi) is 5.97. The van der Waals surface area contributed by atoms with Gasteiger partial charge in [-0.15, -0.1) is 11.3 Å². The number of hydrogen-bond donors (Lipinski definition) is 0. The third-order valence-corrected chi connectivity index (χ3v) is 4.86. The number of para-hydroxylation sites is 1. The third-order valence-electron chi connectivity index (χ3n) is 4.02. The monoisotopic (exact) mass is 381 g/mol. The van der Waals surface area contributed by atoms with Crippen molar-refractivity contribution in [1.29, 1.82) is 5.26 Å². The first-order valence-electron chi connectivity index (χ1n) is 8.55. The second-order valence-electron chi connectivity index (χ2n) is 7.40. The number of carbonyl (C=O) groups is 2. The van der Waals surface area contributed by atoms with Crippen LogP contribution in [0, 0.1) is 30.6 Å². The van der Waals surface area contributed by atoms with Crippen molar-refractivity contribution < 1.29 is 9.59 Å². The summed E-state index contributed by atoms with van der Waals surface area (Å²) in [4.78, 5) is 30.8. The van der Waals surface area contributed by atoms with Crippen LogP contribution in [0.3, 0.4) is 0 Å². The normalized spacial score (nSPS) is 11.8. The van der Waals surface area contributed by atoms with Gasteiger partial charge >= 0.3 is 0 Å². The molecule has 0 saturated carbocycles. The second kappa shape index (κ2) is 7.85. The standard InChI is InChI=1S/C21H23N3O2S/c1-13-8-7-9-14(2)18(13)24(15(3)25)20-23-17(12-27-20)10-16(11-22)19(26)21(4,5)6/h7-10,12H,1-6H3/b16-10+. The predicted octanol–water partition coefficient (Wildman–Crippen LogP) is 4.97. The van der Waals surface area contributed by atoms with Crippen LogP contribution >= 0.6 is 11.3 Å². The van der Waals surface area contributed by atoms with Crippen molar-refractivity contribution >= 4 is 39.9 Å². The van der Waals surface area contributed by atoms with Crippen LogP contribution < -0.4 is 4.90 Å². The predicted molar refractivity (Wildman–Crippen MR) is 109 cm³/mol. The van der Waals surface area contributed by atoms with Crippen LogP contribution in [0.5, 0.6) is 0 Å². The SMILES string of the molecule is CC(=O)N(c1nc(/C=C(\C#N)C(=O)C(C)(C)C)cs1)c1c(C)cccc1C. The molecule has 0 unspecified atom stereocenters. The first-order chi connectivity index (χ1) is 12.6. The molecule has 0 aliphatic heterocycles. The molecule has 27 heavy (non-hydrogen) atoms. The van der Waals surface area contributed by atoms with Crippen LogP contribution in [-0.2, 0) is 9.59 Å². The van der Waals surface area contributed by atoms with E-state index in [2.05, 4.69) is 4.98 Å². The van der Waals surface area contributed by atoms with E-state index < -0.39 is 5.41 Å². The number of nitriles is 1. The first-order valence-corrected chi connectivity index (χ1v) is 9.43. The molecule has 2 aromatic rings. The fourth-order valence-electron chi connectivity index (χ4n) is 2.69. The molecule has 0 aliphatic carbocycles. The number of allylic oxidation sites excluding steroid dienone is 1. The topological polar surface area (TPSA) is 74.1 Å². The van der Waals surface area contributed by atoms with Gasteiger partial charge in [0.25, 0.3) is 0 Å². The number of aryl methyl sites for hydroxylation is 2. The van der Waals surface area contributed by atoms with Gasteiger partial charge in [0.2, 0.25) is 5.91 Å². The average Bonchev–Trinajstić information content (AvgIpc) is 3.02. The lowest BCUT2D eigenvalue weighted by molar-refractivity contribution is -0.122. The summed E-state index contributed by atoms with van der Waals surface area (Å²) in [6.07, 6.45) is 1.48. The maximum absolute atomic E-state index is 12.4. The summed E-state index contributed by atoms with van der Waals surface area (Å²) in [5.41, 5.74) is 2.64. The van der Waals surface area contributed by atoms with Gasteiger partial charge in [-0.3, -0.25) is 14.5 Å². The summed E-state index contributed by atoms with van der Waals surface area (Å²) < 4.78 is 0. The Balaban J connectivity index is 2.49. The highest BCUT2D eigenvalue weighted by Gasteiger charge is 2.26. The number of nitrogens with zero attached hydrogens (tertiary/aromatic N) is 3. The van der Waals surface area contributed by atoms with Gasteiger partial charge in [0.05, 0.1) is 17.0 Å². The van der Waals surface area contributed by atoms with Crippen LogP contribution in [0.25, 0.3) is 6.08 Å². The number of rotatable bonds is 4. The van der Waals surface area contributed by atoms with Crippen LogP contribution in [0.15, 0.2) is 29.2 Å². The molecule has 0 atom stereocenters. The summed E-state index contributed by atoms with van der Waals surface area (Å²) in [6.45, 7) is 10.7. The highest BCUT2D eigenvalue weighted by molar-refractivity contribution is 7.14. The lowest BCUT2D eigenvalue weighted by atomic mass is 9.86. The number of aromatic nitrogens is 1. The van der Waals surface area contributed by atoms with Crippen molar-refractivity contribution in [3.8, 4) is 6.07 Å². The van der Waals surface area contributed by atoms with Gasteiger partial charge in [0.1, 0.15) is 6.07 Å². The number of thiazole rings is 1. The van der Waals surface area contributed by atoms with Gasteiger partial charge in [-0.2, -0.15) is 5.26 Å². The fourth-order valence-corrected chi connectivity index (χ4v) is 3.52. The van der Waals surface area contributed by atoms with Crippen molar-refractivity contribution in [1.82, 2.24) is 4.98 Å². The zero-order chi connectivity index (χ0) is 20.4. The first kappa shape index (κ1) is 20.5. The zero-order valence-corrected chi connectivity index (χ0v) is 17.3. The average molecular weight is 382 g/mol. The highest BCUT2D eigenvalue weighted by Crippen LogP contribution is 2.34. The van der Waals surface area contributed by atoms with Crippen LogP contribution in [0.1, 0.15) is 44.5 Å². The number of carbonyl (C=O) groups excluding carboxylic acids is 2. The lowest BCUT2D eigenvalue weighted by Crippen LogP contribution is -2.24. The smallest absolute Gasteiger partial charge is 0.230 e. The molecular weight excluding hydrogens is 358 g/mol. The van der Waals surface area contributed by atoms with E-state index in [1.807, 2.05) is 38.1 Å². The Labute approximate surface area is 164 Å². The van der Waals surface area contributed by atoms with E-state index in [-0.39, 0.29) is 17.3 Å². The minimum absolute atomic E-state index is 0.0563. The lowest BCUT2D eigenvalue weighted by Gasteiger charge is -2.22. The molecule has 5 nitrogen and oxygen atoms in total. The van der Waals surface area contributed by atoms with E-state index >= 15 is 0 Å². The van der Waals surface area contributed by atoms with E-state index in [1.54, 1.807) is 31.1 Å². The molecule has 1 aromatic carbocycles. The van der Waals surface area contributed by atoms with Crippen LogP contribution in [0.4, 0.5) is 10.8 Å². The molecule has 6 heteroatoms. The van der Waals surface area contributed by atoms with E-state index in [0.29, 0.717) is 10.8 Å². The Morgan fingerprint density at radius 1 is 1.22 bits per heavy atom. The summed E-state index contributed by atoms with van der Waals surface area (Å²) in [7, 11) is 0. The van der Waals surface area contributed by atoms with E-state index in [9.17, 15) is 14.9 Å². The molecule has 140 valence electrons. The number of ketones is 1. The molecule has 0 bridgehead atoms. The summed E-state index contributed by atoms with van der Waals surface area (Å²) in [6, 6.07) is 7.80. The Bertz CT molecular complexity index is 938. The maximum atomic E-state index is 12.4. The second-order valence-corrected chi connectivity index (χ2v) is 8.24. The minimum Gasteiger partial charge on any atom is -0.293 e. The largest absolute Gasteiger partial charge is 0.293 e. The molecule has 0 N–H and O–H groups in total. The fraction of sp³-hybridized carbons (Fsp3) is 0.333. The van der Waals surface area contributed by atoms with Crippen molar-refractivity contribution in [3.63, 3.8) is 0 Å². The molecular formula is C21H23N3O2S. The van der Waals surface area contributed by atoms with E-state index in [4.69, 9.17) is 0 Å².